The molecule has 0 bridgehead atoms. The summed E-state index contributed by atoms with van der Waals surface area (Å²) in [6.45, 7) is -0.386. The first-order chi connectivity index (χ1) is 13.3. The quantitative estimate of drug-likeness (QED) is 0.341. The van der Waals surface area contributed by atoms with Crippen molar-refractivity contribution in [1.82, 2.24) is 10.6 Å². The average molecular weight is 384 g/mol. The number of carbonyl (C=O) groups is 3. The third-order valence-corrected chi connectivity index (χ3v) is 3.77. The highest BCUT2D eigenvalue weighted by atomic mass is 16.4. The van der Waals surface area contributed by atoms with Crippen LogP contribution in [0.2, 0.25) is 0 Å². The van der Waals surface area contributed by atoms with Gasteiger partial charge in [0.15, 0.2) is 11.5 Å². The van der Waals surface area contributed by atoms with Crippen LogP contribution in [-0.4, -0.2) is 45.7 Å². The van der Waals surface area contributed by atoms with Gasteiger partial charge in [-0.3, -0.25) is 9.59 Å². The van der Waals surface area contributed by atoms with E-state index < -0.39 is 23.8 Å². The Hall–Kier alpha value is -3.81. The monoisotopic (exact) mass is 384 g/mol. The average Bonchev–Trinajstić information content (AvgIpc) is 2.67. The van der Waals surface area contributed by atoms with Crippen molar-refractivity contribution < 1.29 is 29.7 Å². The summed E-state index contributed by atoms with van der Waals surface area (Å²) in [6, 6.07) is 11.8. The Morgan fingerprint density at radius 3 is 2.36 bits per heavy atom. The Kier molecular flexibility index (Phi) is 7.15. The van der Waals surface area contributed by atoms with Gasteiger partial charge in [0.2, 0.25) is 11.8 Å². The number of carboxylic acids is 1. The maximum Gasteiger partial charge on any atom is 0.326 e. The fraction of sp³-hybridized carbons (Fsp3) is 0.150. The molecule has 0 aliphatic carbocycles. The van der Waals surface area contributed by atoms with Gasteiger partial charge >= 0.3 is 5.97 Å². The van der Waals surface area contributed by atoms with Crippen molar-refractivity contribution >= 4 is 23.9 Å². The van der Waals surface area contributed by atoms with E-state index in [-0.39, 0.29) is 24.5 Å². The van der Waals surface area contributed by atoms with Gasteiger partial charge in [-0.2, -0.15) is 0 Å². The first kappa shape index (κ1) is 20.5. The lowest BCUT2D eigenvalue weighted by Gasteiger charge is -2.14. The van der Waals surface area contributed by atoms with E-state index in [0.29, 0.717) is 5.56 Å². The lowest BCUT2D eigenvalue weighted by molar-refractivity contribution is -0.141. The number of hydrogen-bond acceptors (Lipinski definition) is 5. The predicted octanol–water partition coefficient (Wildman–Crippen LogP) is 1.04. The minimum atomic E-state index is -1.17. The minimum Gasteiger partial charge on any atom is -0.504 e. The highest BCUT2D eigenvalue weighted by Gasteiger charge is 2.20. The fourth-order valence-electron chi connectivity index (χ4n) is 2.34. The van der Waals surface area contributed by atoms with Gasteiger partial charge in [0, 0.05) is 12.5 Å². The summed E-state index contributed by atoms with van der Waals surface area (Å²) in [7, 11) is 0. The molecule has 0 aliphatic heterocycles. The van der Waals surface area contributed by atoms with Crippen molar-refractivity contribution in [2.45, 2.75) is 12.5 Å². The van der Waals surface area contributed by atoms with Crippen molar-refractivity contribution in [1.29, 1.82) is 0 Å². The van der Waals surface area contributed by atoms with Gasteiger partial charge in [0.1, 0.15) is 6.04 Å². The molecule has 0 spiro atoms. The second-order valence-electron chi connectivity index (χ2n) is 5.95. The molecule has 1 atom stereocenters. The number of aromatic hydroxyl groups is 2. The van der Waals surface area contributed by atoms with Crippen LogP contribution in [0.5, 0.6) is 11.5 Å². The summed E-state index contributed by atoms with van der Waals surface area (Å²) in [5.74, 6) is -2.97. The van der Waals surface area contributed by atoms with E-state index >= 15 is 0 Å². The van der Waals surface area contributed by atoms with E-state index in [1.807, 2.05) is 0 Å². The molecule has 5 N–H and O–H groups in total. The third-order valence-electron chi connectivity index (χ3n) is 3.77. The molecule has 0 unspecified atom stereocenters. The molecule has 0 heterocycles. The molecule has 0 saturated heterocycles. The zero-order valence-corrected chi connectivity index (χ0v) is 14.8. The van der Waals surface area contributed by atoms with Crippen molar-refractivity contribution in [3.63, 3.8) is 0 Å². The number of nitrogens with one attached hydrogen (secondary N) is 2. The molecule has 2 aromatic carbocycles. The number of aliphatic carboxylic acids is 1. The van der Waals surface area contributed by atoms with Gasteiger partial charge in [-0.1, -0.05) is 36.4 Å². The molecule has 2 rings (SSSR count). The lowest BCUT2D eigenvalue weighted by Crippen LogP contribution is -2.46. The largest absolute Gasteiger partial charge is 0.504 e. The molecule has 0 fully saturated rings. The Morgan fingerprint density at radius 2 is 1.71 bits per heavy atom. The molecule has 8 heteroatoms. The van der Waals surface area contributed by atoms with Crippen LogP contribution in [-0.2, 0) is 20.8 Å². The number of rotatable bonds is 8. The summed E-state index contributed by atoms with van der Waals surface area (Å²) in [5.41, 5.74) is 1.24. The van der Waals surface area contributed by atoms with E-state index in [2.05, 4.69) is 10.6 Å². The number of benzene rings is 2. The molecule has 0 aromatic heterocycles. The summed E-state index contributed by atoms with van der Waals surface area (Å²) in [5, 5.41) is 32.6. The second-order valence-corrected chi connectivity index (χ2v) is 5.95. The smallest absolute Gasteiger partial charge is 0.326 e. The van der Waals surface area contributed by atoms with Crippen LogP contribution in [0.15, 0.2) is 54.6 Å². The zero-order valence-electron chi connectivity index (χ0n) is 14.8. The van der Waals surface area contributed by atoms with E-state index in [9.17, 15) is 29.7 Å². The maximum atomic E-state index is 11.9. The molecule has 0 saturated carbocycles. The summed E-state index contributed by atoms with van der Waals surface area (Å²) in [6.07, 6.45) is 2.67. The minimum absolute atomic E-state index is 0.125. The van der Waals surface area contributed by atoms with Gasteiger partial charge < -0.3 is 26.0 Å². The molecule has 2 amide bonds. The Balaban J connectivity index is 1.84. The van der Waals surface area contributed by atoms with Crippen LogP contribution in [0, 0.1) is 0 Å². The highest BCUT2D eigenvalue weighted by Crippen LogP contribution is 2.25. The molecular weight excluding hydrogens is 364 g/mol. The molecular formula is C20H20N2O6. The SMILES string of the molecule is O=C(/C=C\c1ccc(O)c(O)c1)NCC(=O)N[C@H](Cc1ccccc1)C(=O)O. The molecule has 146 valence electrons. The van der Waals surface area contributed by atoms with E-state index in [1.165, 1.54) is 24.3 Å². The van der Waals surface area contributed by atoms with E-state index in [0.717, 1.165) is 11.6 Å². The normalized spacial score (nSPS) is 11.7. The predicted molar refractivity (Wildman–Crippen MR) is 102 cm³/mol. The number of phenols is 2. The van der Waals surface area contributed by atoms with Crippen LogP contribution < -0.4 is 10.6 Å². The van der Waals surface area contributed by atoms with Crippen LogP contribution >= 0.6 is 0 Å². The standard InChI is InChI=1S/C20H20N2O6/c23-16-8-6-14(11-17(16)24)7-9-18(25)21-12-19(26)22-15(20(27)28)10-13-4-2-1-3-5-13/h1-9,11,15,23-24H,10,12H2,(H,21,25)(H,22,26)(H,27,28)/b9-7-/t15-/m1/s1. The fourth-order valence-corrected chi connectivity index (χ4v) is 2.34. The topological polar surface area (TPSA) is 136 Å². The van der Waals surface area contributed by atoms with E-state index in [1.54, 1.807) is 30.3 Å². The van der Waals surface area contributed by atoms with Crippen molar-refractivity contribution in [3.05, 3.63) is 65.7 Å². The number of phenolic OH excluding ortho intramolecular Hbond substituents is 2. The summed E-state index contributed by atoms with van der Waals surface area (Å²) >= 11 is 0. The Morgan fingerprint density at radius 1 is 1.00 bits per heavy atom. The van der Waals surface area contributed by atoms with Crippen molar-refractivity contribution in [2.24, 2.45) is 0 Å². The molecule has 28 heavy (non-hydrogen) atoms. The Bertz CT molecular complexity index is 880. The molecule has 0 radical (unpaired) electrons. The second kappa shape index (κ2) is 9.77. The zero-order chi connectivity index (χ0) is 20.5. The van der Waals surface area contributed by atoms with Gasteiger partial charge in [-0.15, -0.1) is 0 Å². The van der Waals surface area contributed by atoms with Crippen LogP contribution in [0.1, 0.15) is 11.1 Å². The van der Waals surface area contributed by atoms with Gasteiger partial charge in [0.25, 0.3) is 0 Å². The molecule has 8 nitrogen and oxygen atoms in total. The lowest BCUT2D eigenvalue weighted by atomic mass is 10.1. The first-order valence-electron chi connectivity index (χ1n) is 8.39. The van der Waals surface area contributed by atoms with Crippen molar-refractivity contribution in [3.8, 4) is 11.5 Å². The van der Waals surface area contributed by atoms with Crippen LogP contribution in [0.3, 0.4) is 0 Å². The molecule has 0 aliphatic rings. The first-order valence-corrected chi connectivity index (χ1v) is 8.39. The van der Waals surface area contributed by atoms with Crippen molar-refractivity contribution in [2.75, 3.05) is 6.54 Å². The van der Waals surface area contributed by atoms with Crippen LogP contribution in [0.25, 0.3) is 6.08 Å². The number of hydrogen-bond donors (Lipinski definition) is 5. The van der Waals surface area contributed by atoms with Gasteiger partial charge in [-0.25, -0.2) is 4.79 Å². The van der Waals surface area contributed by atoms with E-state index in [4.69, 9.17) is 0 Å². The maximum absolute atomic E-state index is 11.9. The number of amides is 2. The highest BCUT2D eigenvalue weighted by molar-refractivity contribution is 5.95. The van der Waals surface area contributed by atoms with Crippen LogP contribution in [0.4, 0.5) is 0 Å². The summed E-state index contributed by atoms with van der Waals surface area (Å²) in [4.78, 5) is 35.0. The molecule has 2 aromatic rings. The number of carbonyl (C=O) groups excluding carboxylic acids is 2. The third kappa shape index (κ3) is 6.49. The number of carboxylic acid groups (broad SMARTS) is 1. The van der Waals surface area contributed by atoms with Gasteiger partial charge in [0.05, 0.1) is 6.54 Å². The summed E-state index contributed by atoms with van der Waals surface area (Å²) < 4.78 is 0. The van der Waals surface area contributed by atoms with Gasteiger partial charge in [-0.05, 0) is 29.3 Å². The Labute approximate surface area is 161 Å².